The van der Waals surface area contributed by atoms with Gasteiger partial charge in [-0.15, -0.1) is 0 Å². The Bertz CT molecular complexity index is 521. The number of nitrogens with one attached hydrogen (secondary N) is 1. The molecule has 0 saturated carbocycles. The van der Waals surface area contributed by atoms with Crippen LogP contribution in [0, 0.1) is 0 Å². The first-order valence-electron chi connectivity index (χ1n) is 5.87. The standard InChI is InChI=1S/C11H16BrN3O2S/c1-2-14-18(16,17)11-3-4-15(8-11)10-5-9(12)6-13-7-10/h5-7,11,14H,2-4,8H2,1H3. The number of pyridine rings is 1. The van der Waals surface area contributed by atoms with Gasteiger partial charge in [0.15, 0.2) is 0 Å². The first kappa shape index (κ1) is 13.8. The van der Waals surface area contributed by atoms with E-state index in [-0.39, 0.29) is 5.25 Å². The maximum Gasteiger partial charge on any atom is 0.216 e. The summed E-state index contributed by atoms with van der Waals surface area (Å²) >= 11 is 3.37. The summed E-state index contributed by atoms with van der Waals surface area (Å²) in [5, 5.41) is -0.337. The highest BCUT2D eigenvalue weighted by Crippen LogP contribution is 2.24. The van der Waals surface area contributed by atoms with Crippen LogP contribution in [0.15, 0.2) is 22.9 Å². The Hall–Kier alpha value is -0.660. The van der Waals surface area contributed by atoms with E-state index in [4.69, 9.17) is 0 Å². The maximum absolute atomic E-state index is 11.9. The third-order valence-corrected chi connectivity index (χ3v) is 5.37. The van der Waals surface area contributed by atoms with E-state index in [0.29, 0.717) is 19.5 Å². The zero-order valence-electron chi connectivity index (χ0n) is 10.1. The summed E-state index contributed by atoms with van der Waals surface area (Å²) in [5.74, 6) is 0. The van der Waals surface area contributed by atoms with Gasteiger partial charge < -0.3 is 4.90 Å². The van der Waals surface area contributed by atoms with Crippen LogP contribution in [-0.4, -0.2) is 38.3 Å². The minimum absolute atomic E-state index is 0.337. The lowest BCUT2D eigenvalue weighted by atomic mass is 10.4. The molecule has 1 aliphatic rings. The van der Waals surface area contributed by atoms with E-state index in [1.807, 2.05) is 6.07 Å². The molecule has 5 nitrogen and oxygen atoms in total. The molecule has 1 fully saturated rings. The number of sulfonamides is 1. The molecule has 1 aromatic heterocycles. The van der Waals surface area contributed by atoms with Gasteiger partial charge in [0.1, 0.15) is 0 Å². The van der Waals surface area contributed by atoms with Gasteiger partial charge >= 0.3 is 0 Å². The van der Waals surface area contributed by atoms with E-state index < -0.39 is 10.0 Å². The van der Waals surface area contributed by atoms with Crippen molar-refractivity contribution in [3.05, 3.63) is 22.9 Å². The van der Waals surface area contributed by atoms with Crippen LogP contribution in [0.1, 0.15) is 13.3 Å². The molecule has 100 valence electrons. The van der Waals surface area contributed by atoms with Crippen molar-refractivity contribution in [2.75, 3.05) is 24.5 Å². The van der Waals surface area contributed by atoms with Crippen LogP contribution in [-0.2, 0) is 10.0 Å². The highest BCUT2D eigenvalue weighted by atomic mass is 79.9. The predicted molar refractivity (Wildman–Crippen MR) is 75.2 cm³/mol. The molecule has 0 aromatic carbocycles. The molecule has 2 rings (SSSR count). The van der Waals surface area contributed by atoms with Crippen LogP contribution < -0.4 is 9.62 Å². The van der Waals surface area contributed by atoms with Gasteiger partial charge in [0.2, 0.25) is 10.0 Å². The van der Waals surface area contributed by atoms with Crippen LogP contribution in [0.25, 0.3) is 0 Å². The van der Waals surface area contributed by atoms with Crippen LogP contribution >= 0.6 is 15.9 Å². The first-order chi connectivity index (χ1) is 8.53. The quantitative estimate of drug-likeness (QED) is 0.903. The van der Waals surface area contributed by atoms with Gasteiger partial charge in [0.25, 0.3) is 0 Å². The van der Waals surface area contributed by atoms with Crippen molar-refractivity contribution in [1.29, 1.82) is 0 Å². The molecule has 0 spiro atoms. The van der Waals surface area contributed by atoms with Gasteiger partial charge in [0, 0.05) is 30.3 Å². The molecule has 0 aliphatic carbocycles. The molecule has 1 unspecified atom stereocenters. The molecular formula is C11H16BrN3O2S. The van der Waals surface area contributed by atoms with Crippen molar-refractivity contribution in [1.82, 2.24) is 9.71 Å². The number of hydrogen-bond acceptors (Lipinski definition) is 4. The molecule has 7 heteroatoms. The fraction of sp³-hybridized carbons (Fsp3) is 0.545. The zero-order valence-corrected chi connectivity index (χ0v) is 12.5. The van der Waals surface area contributed by atoms with Crippen LogP contribution in [0.3, 0.4) is 0 Å². The lowest BCUT2D eigenvalue weighted by molar-refractivity contribution is 0.571. The largest absolute Gasteiger partial charge is 0.369 e. The Morgan fingerprint density at radius 3 is 3.00 bits per heavy atom. The third kappa shape index (κ3) is 3.02. The summed E-state index contributed by atoms with van der Waals surface area (Å²) in [6, 6.07) is 1.95. The SMILES string of the molecule is CCNS(=O)(=O)C1CCN(c2cncc(Br)c2)C1. The molecule has 2 heterocycles. The Kier molecular flexibility index (Phi) is 4.24. The number of rotatable bonds is 4. The van der Waals surface area contributed by atoms with Gasteiger partial charge in [-0.05, 0) is 28.4 Å². The highest BCUT2D eigenvalue weighted by Gasteiger charge is 2.32. The van der Waals surface area contributed by atoms with E-state index in [0.717, 1.165) is 16.7 Å². The first-order valence-corrected chi connectivity index (χ1v) is 8.21. The Balaban J connectivity index is 2.09. The minimum atomic E-state index is -3.18. The molecule has 1 saturated heterocycles. The average Bonchev–Trinajstić information content (AvgIpc) is 2.78. The number of nitrogens with zero attached hydrogens (tertiary/aromatic N) is 2. The van der Waals surface area contributed by atoms with E-state index in [9.17, 15) is 8.42 Å². The third-order valence-electron chi connectivity index (χ3n) is 2.98. The summed E-state index contributed by atoms with van der Waals surface area (Å²) in [4.78, 5) is 6.15. The number of halogens is 1. The average molecular weight is 334 g/mol. The maximum atomic E-state index is 11.9. The molecule has 0 amide bonds. The second-order valence-electron chi connectivity index (χ2n) is 4.26. The van der Waals surface area contributed by atoms with E-state index in [2.05, 4.69) is 30.5 Å². The van der Waals surface area contributed by atoms with Gasteiger partial charge in [-0.3, -0.25) is 4.98 Å². The second-order valence-corrected chi connectivity index (χ2v) is 7.22. The Morgan fingerprint density at radius 2 is 2.33 bits per heavy atom. The van der Waals surface area contributed by atoms with Crippen molar-refractivity contribution in [3.8, 4) is 0 Å². The van der Waals surface area contributed by atoms with Crippen LogP contribution in [0.5, 0.6) is 0 Å². The molecular weight excluding hydrogens is 318 g/mol. The van der Waals surface area contributed by atoms with Crippen molar-refractivity contribution in [2.24, 2.45) is 0 Å². The zero-order chi connectivity index (χ0) is 13.2. The number of anilines is 1. The lowest BCUT2D eigenvalue weighted by Crippen LogP contribution is -2.36. The number of aromatic nitrogens is 1. The lowest BCUT2D eigenvalue weighted by Gasteiger charge is -2.18. The van der Waals surface area contributed by atoms with E-state index >= 15 is 0 Å². The van der Waals surface area contributed by atoms with Gasteiger partial charge in [-0.1, -0.05) is 6.92 Å². The van der Waals surface area contributed by atoms with Gasteiger partial charge in [-0.25, -0.2) is 13.1 Å². The van der Waals surface area contributed by atoms with E-state index in [1.165, 1.54) is 0 Å². The van der Waals surface area contributed by atoms with Crippen LogP contribution in [0.2, 0.25) is 0 Å². The molecule has 0 radical (unpaired) electrons. The fourth-order valence-electron chi connectivity index (χ4n) is 2.11. The van der Waals surface area contributed by atoms with Crippen molar-refractivity contribution >= 4 is 31.6 Å². The minimum Gasteiger partial charge on any atom is -0.369 e. The normalized spacial score (nSPS) is 20.3. The smallest absolute Gasteiger partial charge is 0.216 e. The highest BCUT2D eigenvalue weighted by molar-refractivity contribution is 9.10. The molecule has 1 aliphatic heterocycles. The summed E-state index contributed by atoms with van der Waals surface area (Å²) in [6.07, 6.45) is 4.13. The Morgan fingerprint density at radius 1 is 1.56 bits per heavy atom. The van der Waals surface area contributed by atoms with Crippen molar-refractivity contribution in [2.45, 2.75) is 18.6 Å². The molecule has 1 N–H and O–H groups in total. The number of hydrogen-bond donors (Lipinski definition) is 1. The predicted octanol–water partition coefficient (Wildman–Crippen LogP) is 1.36. The topological polar surface area (TPSA) is 62.3 Å². The fourth-order valence-corrected chi connectivity index (χ4v) is 3.89. The van der Waals surface area contributed by atoms with E-state index in [1.54, 1.807) is 19.3 Å². The summed E-state index contributed by atoms with van der Waals surface area (Å²) in [7, 11) is -3.18. The monoisotopic (exact) mass is 333 g/mol. The van der Waals surface area contributed by atoms with Gasteiger partial charge in [0.05, 0.1) is 17.1 Å². The molecule has 1 atom stereocenters. The molecule has 18 heavy (non-hydrogen) atoms. The summed E-state index contributed by atoms with van der Waals surface area (Å²) in [6.45, 7) is 3.50. The second kappa shape index (κ2) is 5.54. The molecule has 0 bridgehead atoms. The summed E-state index contributed by atoms with van der Waals surface area (Å²) < 4.78 is 27.3. The van der Waals surface area contributed by atoms with Gasteiger partial charge in [-0.2, -0.15) is 0 Å². The van der Waals surface area contributed by atoms with Crippen molar-refractivity contribution < 1.29 is 8.42 Å². The van der Waals surface area contributed by atoms with Crippen molar-refractivity contribution in [3.63, 3.8) is 0 Å². The van der Waals surface area contributed by atoms with Crippen LogP contribution in [0.4, 0.5) is 5.69 Å². The summed E-state index contributed by atoms with van der Waals surface area (Å²) in [5.41, 5.74) is 0.957. The Labute approximate surface area is 116 Å². The molecule has 1 aromatic rings.